The van der Waals surface area contributed by atoms with Gasteiger partial charge in [0.25, 0.3) is 0 Å². The number of esters is 1. The number of carbonyl (C=O) groups excluding carboxylic acids is 1. The van der Waals surface area contributed by atoms with Crippen LogP contribution in [0.1, 0.15) is 38.5 Å². The molecular formula is C17H24ClNO2S. The van der Waals surface area contributed by atoms with Crippen molar-refractivity contribution in [1.82, 2.24) is 4.90 Å². The van der Waals surface area contributed by atoms with Crippen LogP contribution in [0.4, 0.5) is 0 Å². The molecule has 5 heteroatoms. The van der Waals surface area contributed by atoms with Gasteiger partial charge in [-0.1, -0.05) is 12.8 Å². The molecule has 1 atom stereocenters. The molecule has 0 radical (unpaired) electrons. The van der Waals surface area contributed by atoms with E-state index in [9.17, 15) is 4.79 Å². The fraction of sp³-hybridized carbons (Fsp3) is 0.706. The summed E-state index contributed by atoms with van der Waals surface area (Å²) in [6.07, 6.45) is 6.98. The second-order valence-corrected chi connectivity index (χ2v) is 7.74. The predicted molar refractivity (Wildman–Crippen MR) is 90.8 cm³/mol. The standard InChI is InChI=1S/C17H23NO2S.ClH/c19-16(20-14-5-10-21-12-14)17(6-1-2-7-17)15-11-18-8-3-13(15)4-9-18;/h5,10,12-13,15H,1-4,6-9,11H2;1H. The van der Waals surface area contributed by atoms with Gasteiger partial charge in [0.1, 0.15) is 5.75 Å². The minimum atomic E-state index is -0.203. The second-order valence-electron chi connectivity index (χ2n) is 6.96. The maximum atomic E-state index is 13.0. The Kier molecular flexibility index (Phi) is 4.81. The minimum Gasteiger partial charge on any atom is -0.425 e. The highest BCUT2D eigenvalue weighted by Crippen LogP contribution is 2.52. The van der Waals surface area contributed by atoms with Crippen LogP contribution in [0, 0.1) is 17.3 Å². The highest BCUT2D eigenvalue weighted by atomic mass is 35.5. The summed E-state index contributed by atoms with van der Waals surface area (Å²) in [5.41, 5.74) is -0.203. The first kappa shape index (κ1) is 16.3. The maximum Gasteiger partial charge on any atom is 0.317 e. The Morgan fingerprint density at radius 2 is 2.00 bits per heavy atom. The van der Waals surface area contributed by atoms with E-state index < -0.39 is 0 Å². The first-order valence-corrected chi connectivity index (χ1v) is 9.19. The van der Waals surface area contributed by atoms with Crippen LogP contribution < -0.4 is 4.74 Å². The molecule has 4 heterocycles. The number of thiophene rings is 1. The van der Waals surface area contributed by atoms with Gasteiger partial charge in [-0.2, -0.15) is 0 Å². The Morgan fingerprint density at radius 3 is 2.55 bits per heavy atom. The van der Waals surface area contributed by atoms with E-state index in [1.54, 1.807) is 11.3 Å². The number of ether oxygens (including phenoxy) is 1. The number of nitrogens with zero attached hydrogens (tertiary/aromatic N) is 1. The zero-order valence-electron chi connectivity index (χ0n) is 12.8. The molecule has 3 saturated heterocycles. The molecule has 2 bridgehead atoms. The second kappa shape index (κ2) is 6.50. The molecule has 4 fully saturated rings. The van der Waals surface area contributed by atoms with Crippen molar-refractivity contribution in [3.63, 3.8) is 0 Å². The number of hydrogen-bond acceptors (Lipinski definition) is 4. The molecule has 0 aromatic carbocycles. The molecule has 1 aromatic rings. The quantitative estimate of drug-likeness (QED) is 0.779. The van der Waals surface area contributed by atoms with E-state index in [-0.39, 0.29) is 23.8 Å². The molecule has 1 unspecified atom stereocenters. The summed E-state index contributed by atoms with van der Waals surface area (Å²) in [6, 6.07) is 1.90. The van der Waals surface area contributed by atoms with E-state index in [1.165, 1.54) is 38.8 Å². The lowest BCUT2D eigenvalue weighted by molar-refractivity contribution is -0.155. The Balaban J connectivity index is 0.00000144. The highest BCUT2D eigenvalue weighted by Gasteiger charge is 2.54. The Labute approximate surface area is 142 Å². The van der Waals surface area contributed by atoms with Gasteiger partial charge < -0.3 is 9.64 Å². The molecule has 1 aliphatic carbocycles. The van der Waals surface area contributed by atoms with Crippen molar-refractivity contribution in [2.24, 2.45) is 17.3 Å². The van der Waals surface area contributed by atoms with E-state index in [1.807, 2.05) is 16.8 Å². The van der Waals surface area contributed by atoms with Crippen LogP contribution in [-0.4, -0.2) is 30.5 Å². The molecule has 22 heavy (non-hydrogen) atoms. The van der Waals surface area contributed by atoms with Crippen molar-refractivity contribution in [2.45, 2.75) is 38.5 Å². The average Bonchev–Trinajstić information content (AvgIpc) is 3.20. The number of carbonyl (C=O) groups is 1. The number of piperidine rings is 3. The van der Waals surface area contributed by atoms with Crippen molar-refractivity contribution in [3.8, 4) is 5.75 Å². The normalized spacial score (nSPS) is 32.5. The maximum absolute atomic E-state index is 13.0. The summed E-state index contributed by atoms with van der Waals surface area (Å²) in [5, 5.41) is 3.90. The summed E-state index contributed by atoms with van der Waals surface area (Å²) in [6.45, 7) is 3.58. The smallest absolute Gasteiger partial charge is 0.317 e. The van der Waals surface area contributed by atoms with Gasteiger partial charge in [-0.3, -0.25) is 4.79 Å². The number of hydrogen-bond donors (Lipinski definition) is 0. The minimum absolute atomic E-state index is 0. The van der Waals surface area contributed by atoms with Gasteiger partial charge in [0.05, 0.1) is 5.41 Å². The van der Waals surface area contributed by atoms with Crippen LogP contribution in [0.25, 0.3) is 0 Å². The van der Waals surface area contributed by atoms with Gasteiger partial charge in [0.2, 0.25) is 0 Å². The molecule has 3 nitrogen and oxygen atoms in total. The molecule has 0 amide bonds. The summed E-state index contributed by atoms with van der Waals surface area (Å²) >= 11 is 1.59. The predicted octanol–water partition coefficient (Wildman–Crippen LogP) is 3.98. The Hall–Kier alpha value is -0.580. The van der Waals surface area contributed by atoms with E-state index >= 15 is 0 Å². The molecule has 122 valence electrons. The van der Waals surface area contributed by atoms with Crippen LogP contribution >= 0.6 is 23.7 Å². The van der Waals surface area contributed by atoms with Gasteiger partial charge in [-0.05, 0) is 62.1 Å². The lowest BCUT2D eigenvalue weighted by atomic mass is 9.63. The topological polar surface area (TPSA) is 29.5 Å². The first-order valence-electron chi connectivity index (χ1n) is 8.25. The average molecular weight is 342 g/mol. The summed E-state index contributed by atoms with van der Waals surface area (Å²) in [7, 11) is 0. The summed E-state index contributed by atoms with van der Waals surface area (Å²) in [5.74, 6) is 2.05. The van der Waals surface area contributed by atoms with Crippen LogP contribution in [0.3, 0.4) is 0 Å². The molecule has 0 N–H and O–H groups in total. The number of halogens is 1. The van der Waals surface area contributed by atoms with Crippen molar-refractivity contribution in [1.29, 1.82) is 0 Å². The summed E-state index contributed by atoms with van der Waals surface area (Å²) in [4.78, 5) is 15.5. The van der Waals surface area contributed by atoms with Gasteiger partial charge >= 0.3 is 5.97 Å². The molecule has 3 aliphatic heterocycles. The third-order valence-electron chi connectivity index (χ3n) is 5.97. The lowest BCUT2D eigenvalue weighted by Gasteiger charge is -2.50. The Bertz CT molecular complexity index is 505. The molecule has 1 aromatic heterocycles. The molecular weight excluding hydrogens is 318 g/mol. The highest BCUT2D eigenvalue weighted by molar-refractivity contribution is 7.08. The van der Waals surface area contributed by atoms with Crippen molar-refractivity contribution < 1.29 is 9.53 Å². The van der Waals surface area contributed by atoms with Gasteiger partial charge in [0, 0.05) is 11.9 Å². The largest absolute Gasteiger partial charge is 0.425 e. The first-order chi connectivity index (χ1) is 10.3. The van der Waals surface area contributed by atoms with E-state index in [4.69, 9.17) is 4.74 Å². The Morgan fingerprint density at radius 1 is 1.27 bits per heavy atom. The SMILES string of the molecule is Cl.O=C(Oc1ccsc1)C1(C2CN3CCC2CC3)CCCC1. The van der Waals surface area contributed by atoms with E-state index in [0.717, 1.165) is 31.1 Å². The van der Waals surface area contributed by atoms with Crippen molar-refractivity contribution in [3.05, 3.63) is 16.8 Å². The number of fused-ring (bicyclic) bond motifs is 3. The monoisotopic (exact) mass is 341 g/mol. The van der Waals surface area contributed by atoms with Crippen LogP contribution in [-0.2, 0) is 4.79 Å². The molecule has 0 spiro atoms. The van der Waals surface area contributed by atoms with Crippen molar-refractivity contribution >= 4 is 29.7 Å². The molecule has 1 saturated carbocycles. The number of rotatable bonds is 3. The van der Waals surface area contributed by atoms with Gasteiger partial charge in [-0.25, -0.2) is 0 Å². The lowest BCUT2D eigenvalue weighted by Crippen LogP contribution is -2.55. The van der Waals surface area contributed by atoms with E-state index in [2.05, 4.69) is 4.90 Å². The van der Waals surface area contributed by atoms with Crippen molar-refractivity contribution in [2.75, 3.05) is 19.6 Å². The fourth-order valence-corrected chi connectivity index (χ4v) is 5.39. The fourth-order valence-electron chi connectivity index (χ4n) is 4.84. The third-order valence-corrected chi connectivity index (χ3v) is 6.64. The third kappa shape index (κ3) is 2.70. The van der Waals surface area contributed by atoms with Crippen LogP contribution in [0.15, 0.2) is 16.8 Å². The molecule has 5 rings (SSSR count). The van der Waals surface area contributed by atoms with Crippen LogP contribution in [0.5, 0.6) is 5.75 Å². The zero-order chi connectivity index (χ0) is 14.3. The molecule has 4 aliphatic rings. The van der Waals surface area contributed by atoms with E-state index in [0.29, 0.717) is 5.92 Å². The van der Waals surface area contributed by atoms with Gasteiger partial charge in [0.15, 0.2) is 0 Å². The summed E-state index contributed by atoms with van der Waals surface area (Å²) < 4.78 is 5.76. The zero-order valence-corrected chi connectivity index (χ0v) is 14.5. The van der Waals surface area contributed by atoms with Crippen LogP contribution in [0.2, 0.25) is 0 Å². The van der Waals surface area contributed by atoms with Gasteiger partial charge in [-0.15, -0.1) is 23.7 Å².